The highest BCUT2D eigenvalue weighted by Gasteiger charge is 2.24. The molecule has 0 aromatic heterocycles. The Morgan fingerprint density at radius 2 is 1.70 bits per heavy atom. The highest BCUT2D eigenvalue weighted by atomic mass is 35.5. The lowest BCUT2D eigenvalue weighted by Gasteiger charge is -2.02. The Labute approximate surface area is 165 Å². The number of rotatable bonds is 5. The number of halogens is 1. The molecule has 3 amide bonds. The molecule has 2 aromatic carbocycles. The predicted octanol–water partition coefficient (Wildman–Crippen LogP) is 3.99. The van der Waals surface area contributed by atoms with E-state index in [-0.39, 0.29) is 17.1 Å². The zero-order valence-electron chi connectivity index (χ0n) is 14.1. The fraction of sp³-hybridized carbons (Fsp3) is 0.0500. The Balaban J connectivity index is 1.55. The van der Waals surface area contributed by atoms with Gasteiger partial charge in [-0.3, -0.25) is 19.7 Å². The third-order valence-corrected chi connectivity index (χ3v) is 4.75. The number of imide groups is 1. The number of carbonyl (C=O) groups excluding carboxylic acids is 3. The minimum absolute atomic E-state index is 0.200. The lowest BCUT2D eigenvalue weighted by Crippen LogP contribution is -2.20. The smallest absolute Gasteiger partial charge is 0.290 e. The normalized spacial score (nSPS) is 15.4. The van der Waals surface area contributed by atoms with Crippen molar-refractivity contribution in [3.05, 3.63) is 81.2 Å². The number of amides is 3. The molecule has 1 heterocycles. The average molecular weight is 399 g/mol. The van der Waals surface area contributed by atoms with Crippen LogP contribution in [-0.4, -0.2) is 17.1 Å². The number of hydrogen-bond donors (Lipinski definition) is 2. The molecule has 7 heteroatoms. The highest BCUT2D eigenvalue weighted by molar-refractivity contribution is 8.18. The first kappa shape index (κ1) is 18.9. The third-order valence-electron chi connectivity index (χ3n) is 3.68. The molecule has 0 atom stereocenters. The Kier molecular flexibility index (Phi) is 6.11. The van der Waals surface area contributed by atoms with Gasteiger partial charge in [0.15, 0.2) is 0 Å². The Bertz CT molecular complexity index is 935. The SMILES string of the molecule is O=C(/C=C\c1ccc(/C=C2/SC(=O)NC2=O)cc1)NCc1ccc(Cl)cc1. The molecule has 1 fully saturated rings. The van der Waals surface area contributed by atoms with E-state index in [0.717, 1.165) is 28.5 Å². The summed E-state index contributed by atoms with van der Waals surface area (Å²) in [6, 6.07) is 14.6. The van der Waals surface area contributed by atoms with Crippen molar-refractivity contribution in [3.8, 4) is 0 Å². The van der Waals surface area contributed by atoms with Gasteiger partial charge in [0.25, 0.3) is 11.1 Å². The van der Waals surface area contributed by atoms with Gasteiger partial charge in [-0.25, -0.2) is 0 Å². The van der Waals surface area contributed by atoms with E-state index in [1.807, 2.05) is 36.4 Å². The monoisotopic (exact) mass is 398 g/mol. The van der Waals surface area contributed by atoms with Crippen LogP contribution in [0.5, 0.6) is 0 Å². The van der Waals surface area contributed by atoms with Crippen LogP contribution in [0, 0.1) is 0 Å². The van der Waals surface area contributed by atoms with Crippen molar-refractivity contribution in [2.24, 2.45) is 0 Å². The molecule has 0 bridgehead atoms. The van der Waals surface area contributed by atoms with Gasteiger partial charge in [0.1, 0.15) is 0 Å². The maximum atomic E-state index is 11.9. The molecule has 136 valence electrons. The Morgan fingerprint density at radius 3 is 2.33 bits per heavy atom. The van der Waals surface area contributed by atoms with Gasteiger partial charge >= 0.3 is 0 Å². The number of carbonyl (C=O) groups is 3. The minimum Gasteiger partial charge on any atom is -0.348 e. The number of benzene rings is 2. The van der Waals surface area contributed by atoms with Crippen molar-refractivity contribution in [2.45, 2.75) is 6.54 Å². The van der Waals surface area contributed by atoms with E-state index in [4.69, 9.17) is 11.6 Å². The second-order valence-electron chi connectivity index (χ2n) is 5.70. The number of thioether (sulfide) groups is 1. The topological polar surface area (TPSA) is 75.3 Å². The van der Waals surface area contributed by atoms with E-state index in [2.05, 4.69) is 10.6 Å². The summed E-state index contributed by atoms with van der Waals surface area (Å²) in [5.41, 5.74) is 2.61. The Hall–Kier alpha value is -2.83. The van der Waals surface area contributed by atoms with Gasteiger partial charge in [-0.15, -0.1) is 0 Å². The van der Waals surface area contributed by atoms with E-state index in [1.54, 1.807) is 24.3 Å². The molecule has 2 aromatic rings. The van der Waals surface area contributed by atoms with Crippen LogP contribution in [0.3, 0.4) is 0 Å². The largest absolute Gasteiger partial charge is 0.348 e. The Morgan fingerprint density at radius 1 is 1.04 bits per heavy atom. The molecule has 1 saturated heterocycles. The van der Waals surface area contributed by atoms with Crippen molar-refractivity contribution >= 4 is 52.6 Å². The van der Waals surface area contributed by atoms with Crippen LogP contribution < -0.4 is 10.6 Å². The van der Waals surface area contributed by atoms with Gasteiger partial charge < -0.3 is 5.32 Å². The lowest BCUT2D eigenvalue weighted by atomic mass is 10.1. The highest BCUT2D eigenvalue weighted by Crippen LogP contribution is 2.25. The second-order valence-corrected chi connectivity index (χ2v) is 7.15. The zero-order valence-corrected chi connectivity index (χ0v) is 15.6. The number of nitrogens with one attached hydrogen (secondary N) is 2. The van der Waals surface area contributed by atoms with Crippen LogP contribution in [0.2, 0.25) is 5.02 Å². The first-order valence-corrected chi connectivity index (χ1v) is 9.24. The summed E-state index contributed by atoms with van der Waals surface area (Å²) in [6.07, 6.45) is 4.81. The van der Waals surface area contributed by atoms with Crippen molar-refractivity contribution in [3.63, 3.8) is 0 Å². The van der Waals surface area contributed by atoms with Crippen LogP contribution in [0.1, 0.15) is 16.7 Å². The maximum Gasteiger partial charge on any atom is 0.290 e. The standard InChI is InChI=1S/C20H15ClN2O3S/c21-16-8-5-15(6-9-16)12-22-18(24)10-7-13-1-3-14(4-2-13)11-17-19(25)23-20(26)27-17/h1-11H,12H2,(H,22,24)(H,23,25,26)/b10-7-,17-11+. The van der Waals surface area contributed by atoms with Crippen molar-refractivity contribution in [1.82, 2.24) is 10.6 Å². The van der Waals surface area contributed by atoms with Crippen LogP contribution in [0.4, 0.5) is 4.79 Å². The molecule has 1 aliphatic rings. The van der Waals surface area contributed by atoms with Crippen molar-refractivity contribution in [1.29, 1.82) is 0 Å². The molecule has 1 aliphatic heterocycles. The molecule has 0 unspecified atom stereocenters. The van der Waals surface area contributed by atoms with Gasteiger partial charge in [0, 0.05) is 17.6 Å². The summed E-state index contributed by atoms with van der Waals surface area (Å²) in [7, 11) is 0. The van der Waals surface area contributed by atoms with Crippen LogP contribution in [0.15, 0.2) is 59.5 Å². The molecule has 5 nitrogen and oxygen atoms in total. The van der Waals surface area contributed by atoms with E-state index in [1.165, 1.54) is 6.08 Å². The first-order chi connectivity index (χ1) is 13.0. The molecular formula is C20H15ClN2O3S. The summed E-state index contributed by atoms with van der Waals surface area (Å²) in [5, 5.41) is 5.30. The average Bonchev–Trinajstić information content (AvgIpc) is 2.97. The lowest BCUT2D eigenvalue weighted by molar-refractivity contribution is -0.117. The molecule has 0 spiro atoms. The van der Waals surface area contributed by atoms with E-state index >= 15 is 0 Å². The molecule has 3 rings (SSSR count). The summed E-state index contributed by atoms with van der Waals surface area (Å²) in [4.78, 5) is 35.0. The first-order valence-electron chi connectivity index (χ1n) is 8.05. The van der Waals surface area contributed by atoms with Crippen LogP contribution >= 0.6 is 23.4 Å². The summed E-state index contributed by atoms with van der Waals surface area (Å²) in [5.74, 6) is -0.583. The quantitative estimate of drug-likeness (QED) is 0.746. The van der Waals surface area contributed by atoms with E-state index in [9.17, 15) is 14.4 Å². The molecule has 0 radical (unpaired) electrons. The summed E-state index contributed by atoms with van der Waals surface area (Å²) < 4.78 is 0. The molecule has 2 N–H and O–H groups in total. The minimum atomic E-state index is -0.383. The summed E-state index contributed by atoms with van der Waals surface area (Å²) in [6.45, 7) is 0.422. The van der Waals surface area contributed by atoms with Gasteiger partial charge in [-0.05, 0) is 52.7 Å². The van der Waals surface area contributed by atoms with Gasteiger partial charge in [-0.2, -0.15) is 0 Å². The van der Waals surface area contributed by atoms with Gasteiger partial charge in [0.2, 0.25) is 5.91 Å². The van der Waals surface area contributed by atoms with E-state index in [0.29, 0.717) is 16.5 Å². The van der Waals surface area contributed by atoms with Gasteiger partial charge in [0.05, 0.1) is 4.91 Å². The fourth-order valence-corrected chi connectivity index (χ4v) is 3.11. The third kappa shape index (κ3) is 5.57. The van der Waals surface area contributed by atoms with Crippen LogP contribution in [-0.2, 0) is 16.1 Å². The molecule has 0 saturated carbocycles. The fourth-order valence-electron chi connectivity index (χ4n) is 2.30. The van der Waals surface area contributed by atoms with Crippen LogP contribution in [0.25, 0.3) is 12.2 Å². The molecular weight excluding hydrogens is 384 g/mol. The molecule has 0 aliphatic carbocycles. The zero-order chi connectivity index (χ0) is 19.2. The maximum absolute atomic E-state index is 11.9. The molecule has 27 heavy (non-hydrogen) atoms. The predicted molar refractivity (Wildman–Crippen MR) is 108 cm³/mol. The summed E-state index contributed by atoms with van der Waals surface area (Å²) >= 11 is 6.70. The van der Waals surface area contributed by atoms with E-state index < -0.39 is 0 Å². The number of hydrogen-bond acceptors (Lipinski definition) is 4. The van der Waals surface area contributed by atoms with Crippen molar-refractivity contribution < 1.29 is 14.4 Å². The van der Waals surface area contributed by atoms with Crippen molar-refractivity contribution in [2.75, 3.05) is 0 Å². The van der Waals surface area contributed by atoms with Gasteiger partial charge in [-0.1, -0.05) is 48.0 Å². The second kappa shape index (κ2) is 8.70.